The summed E-state index contributed by atoms with van der Waals surface area (Å²) < 4.78 is 0.837. The van der Waals surface area contributed by atoms with Gasteiger partial charge in [-0.25, -0.2) is 0 Å². The molecule has 1 heterocycles. The van der Waals surface area contributed by atoms with E-state index in [-0.39, 0.29) is 0 Å². The molecule has 2 aliphatic carbocycles. The van der Waals surface area contributed by atoms with Gasteiger partial charge < -0.3 is 10.4 Å². The fraction of sp³-hybridized carbons (Fsp3) is 0.615. The second-order valence-electron chi connectivity index (χ2n) is 5.37. The van der Waals surface area contributed by atoms with E-state index in [4.69, 9.17) is 11.6 Å². The Balaban J connectivity index is 1.73. The van der Waals surface area contributed by atoms with E-state index in [9.17, 15) is 5.11 Å². The van der Waals surface area contributed by atoms with E-state index in [1.807, 2.05) is 0 Å². The molecule has 0 aromatic carbocycles. The van der Waals surface area contributed by atoms with Crippen LogP contribution in [0.25, 0.3) is 0 Å². The van der Waals surface area contributed by atoms with Crippen LogP contribution in [0.15, 0.2) is 16.9 Å². The van der Waals surface area contributed by atoms with Crippen LogP contribution in [0, 0.1) is 11.8 Å². The van der Waals surface area contributed by atoms with Crippen molar-refractivity contribution in [3.63, 3.8) is 0 Å². The van der Waals surface area contributed by atoms with Crippen molar-refractivity contribution in [1.29, 1.82) is 0 Å². The van der Waals surface area contributed by atoms with E-state index < -0.39 is 5.60 Å². The number of pyridine rings is 1. The van der Waals surface area contributed by atoms with E-state index in [2.05, 4.69) is 26.2 Å². The highest BCUT2D eigenvalue weighted by atomic mass is 79.9. The number of hydrogen-bond acceptors (Lipinski definition) is 3. The summed E-state index contributed by atoms with van der Waals surface area (Å²) in [4.78, 5) is 4.00. The zero-order valence-corrected chi connectivity index (χ0v) is 12.3. The molecule has 2 aliphatic rings. The smallest absolute Gasteiger partial charge is 0.0875 e. The molecule has 3 rings (SSSR count). The molecule has 3 nitrogen and oxygen atoms in total. The van der Waals surface area contributed by atoms with Gasteiger partial charge >= 0.3 is 0 Å². The fourth-order valence-corrected chi connectivity index (χ4v) is 3.41. The molecule has 0 bridgehead atoms. The molecule has 98 valence electrons. The number of nitrogens with zero attached hydrogens (tertiary/aromatic N) is 1. The number of aliphatic hydroxyl groups is 1. The van der Waals surface area contributed by atoms with Gasteiger partial charge in [0.2, 0.25) is 0 Å². The molecule has 0 amide bonds. The third-order valence-electron chi connectivity index (χ3n) is 3.97. The Hall–Kier alpha value is -0.320. The molecule has 0 unspecified atom stereocenters. The third-order valence-corrected chi connectivity index (χ3v) is 4.86. The van der Waals surface area contributed by atoms with Gasteiger partial charge in [0.05, 0.1) is 20.8 Å². The van der Waals surface area contributed by atoms with Crippen molar-refractivity contribution in [3.05, 3.63) is 21.9 Å². The van der Waals surface area contributed by atoms with Gasteiger partial charge in [0.15, 0.2) is 0 Å². The maximum atomic E-state index is 10.8. The highest BCUT2D eigenvalue weighted by Gasteiger charge is 2.53. The average Bonchev–Trinajstić information content (AvgIpc) is 3.18. The van der Waals surface area contributed by atoms with Crippen molar-refractivity contribution in [3.8, 4) is 0 Å². The van der Waals surface area contributed by atoms with Gasteiger partial charge in [0.1, 0.15) is 0 Å². The Kier molecular flexibility index (Phi) is 3.28. The van der Waals surface area contributed by atoms with Crippen LogP contribution in [0.3, 0.4) is 0 Å². The summed E-state index contributed by atoms with van der Waals surface area (Å²) in [6.07, 6.45) is 7.93. The standard InChI is InChI=1S/C13H16BrClN2O/c14-10-5-16-6-11(15)12(10)17-7-13(18,8-1-2-8)9-3-4-9/h5-6,8-9,18H,1-4,7H2,(H,16,17). The summed E-state index contributed by atoms with van der Waals surface area (Å²) in [6.45, 7) is 0.574. The minimum absolute atomic E-state index is 0.469. The number of rotatable bonds is 5. The largest absolute Gasteiger partial charge is 0.387 e. The molecule has 5 heteroatoms. The lowest BCUT2D eigenvalue weighted by Gasteiger charge is -2.29. The van der Waals surface area contributed by atoms with Crippen LogP contribution < -0.4 is 5.32 Å². The first-order chi connectivity index (χ1) is 8.61. The van der Waals surface area contributed by atoms with Gasteiger partial charge in [-0.1, -0.05) is 11.6 Å². The van der Waals surface area contributed by atoms with Gasteiger partial charge in [-0.3, -0.25) is 4.98 Å². The van der Waals surface area contributed by atoms with Crippen LogP contribution in [0.1, 0.15) is 25.7 Å². The molecular weight excluding hydrogens is 316 g/mol. The Morgan fingerprint density at radius 2 is 1.94 bits per heavy atom. The molecule has 0 spiro atoms. The van der Waals surface area contributed by atoms with E-state index in [0.717, 1.165) is 35.8 Å². The molecule has 0 atom stereocenters. The van der Waals surface area contributed by atoms with Gasteiger partial charge in [-0.05, 0) is 53.4 Å². The fourth-order valence-electron chi connectivity index (χ4n) is 2.60. The Bertz CT molecular complexity index is 428. The lowest BCUT2D eigenvalue weighted by molar-refractivity contribution is 0.00821. The quantitative estimate of drug-likeness (QED) is 0.868. The monoisotopic (exact) mass is 330 g/mol. The summed E-state index contributed by atoms with van der Waals surface area (Å²) in [5.74, 6) is 0.939. The first kappa shape index (κ1) is 12.7. The van der Waals surface area contributed by atoms with E-state index in [1.54, 1.807) is 12.4 Å². The Labute approximate surface area is 120 Å². The zero-order valence-electron chi connectivity index (χ0n) is 10.00. The molecular formula is C13H16BrClN2O. The van der Waals surface area contributed by atoms with E-state index >= 15 is 0 Å². The Morgan fingerprint density at radius 1 is 1.33 bits per heavy atom. The van der Waals surface area contributed by atoms with Crippen LogP contribution in [-0.4, -0.2) is 22.2 Å². The SMILES string of the molecule is OC(CNc1c(Cl)cncc1Br)(C1CC1)C1CC1. The number of halogens is 2. The summed E-state index contributed by atoms with van der Waals surface area (Å²) in [5.41, 5.74) is 0.276. The molecule has 2 N–H and O–H groups in total. The molecule has 0 radical (unpaired) electrons. The van der Waals surface area contributed by atoms with Crippen molar-refractivity contribution >= 4 is 33.2 Å². The minimum atomic E-state index is -0.550. The van der Waals surface area contributed by atoms with Crippen LogP contribution in [0.2, 0.25) is 5.02 Å². The van der Waals surface area contributed by atoms with Crippen molar-refractivity contribution in [2.24, 2.45) is 11.8 Å². The highest BCUT2D eigenvalue weighted by Crippen LogP contribution is 2.52. The number of anilines is 1. The molecule has 1 aromatic rings. The van der Waals surface area contributed by atoms with E-state index in [1.165, 1.54) is 0 Å². The van der Waals surface area contributed by atoms with Crippen LogP contribution in [0.4, 0.5) is 5.69 Å². The predicted molar refractivity (Wildman–Crippen MR) is 75.8 cm³/mol. The highest BCUT2D eigenvalue weighted by molar-refractivity contribution is 9.10. The van der Waals surface area contributed by atoms with Crippen molar-refractivity contribution in [2.75, 3.05) is 11.9 Å². The first-order valence-corrected chi connectivity index (χ1v) is 7.53. The summed E-state index contributed by atoms with van der Waals surface area (Å²) in [5, 5.41) is 14.7. The van der Waals surface area contributed by atoms with Gasteiger partial charge in [0, 0.05) is 18.9 Å². The Morgan fingerprint density at radius 3 is 2.44 bits per heavy atom. The summed E-state index contributed by atoms with van der Waals surface area (Å²) in [6, 6.07) is 0. The molecule has 2 fully saturated rings. The lowest BCUT2D eigenvalue weighted by atomic mass is 9.91. The van der Waals surface area contributed by atoms with Crippen molar-refractivity contribution in [2.45, 2.75) is 31.3 Å². The lowest BCUT2D eigenvalue weighted by Crippen LogP contribution is -2.41. The van der Waals surface area contributed by atoms with Crippen LogP contribution >= 0.6 is 27.5 Å². The average molecular weight is 332 g/mol. The van der Waals surface area contributed by atoms with Crippen LogP contribution in [-0.2, 0) is 0 Å². The van der Waals surface area contributed by atoms with Gasteiger partial charge in [0.25, 0.3) is 0 Å². The second kappa shape index (κ2) is 4.66. The van der Waals surface area contributed by atoms with Crippen molar-refractivity contribution in [1.82, 2.24) is 4.98 Å². The molecule has 2 saturated carbocycles. The molecule has 18 heavy (non-hydrogen) atoms. The summed E-state index contributed by atoms with van der Waals surface area (Å²) in [7, 11) is 0. The minimum Gasteiger partial charge on any atom is -0.387 e. The van der Waals surface area contributed by atoms with Gasteiger partial charge in [-0.15, -0.1) is 0 Å². The predicted octanol–water partition coefficient (Wildman–Crippen LogP) is 3.46. The summed E-state index contributed by atoms with van der Waals surface area (Å²) >= 11 is 9.54. The number of hydrogen-bond donors (Lipinski definition) is 2. The first-order valence-electron chi connectivity index (χ1n) is 6.36. The number of nitrogens with one attached hydrogen (secondary N) is 1. The zero-order chi connectivity index (χ0) is 12.8. The maximum Gasteiger partial charge on any atom is 0.0875 e. The topological polar surface area (TPSA) is 45.1 Å². The van der Waals surface area contributed by atoms with Crippen molar-refractivity contribution < 1.29 is 5.11 Å². The second-order valence-corrected chi connectivity index (χ2v) is 6.63. The maximum absolute atomic E-state index is 10.8. The molecule has 1 aromatic heterocycles. The third kappa shape index (κ3) is 2.38. The van der Waals surface area contributed by atoms with Gasteiger partial charge in [-0.2, -0.15) is 0 Å². The normalized spacial score (nSPS) is 19.9. The molecule has 0 saturated heterocycles. The number of aromatic nitrogens is 1. The molecule has 0 aliphatic heterocycles. The van der Waals surface area contributed by atoms with E-state index in [0.29, 0.717) is 23.4 Å². The van der Waals surface area contributed by atoms with Crippen LogP contribution in [0.5, 0.6) is 0 Å².